The van der Waals surface area contributed by atoms with Crippen molar-refractivity contribution in [3.8, 4) is 0 Å². The first-order valence-corrected chi connectivity index (χ1v) is 7.22. The standard InChI is InChI=1S/C15H15BrN2O3/c1-10(19)12-4-2-3-5-14(12)17-9-11-6-7-13(16)15(8-11)18(20)21/h2-8,10,17,19H,9H2,1H3. The van der Waals surface area contributed by atoms with Crippen LogP contribution < -0.4 is 5.32 Å². The monoisotopic (exact) mass is 350 g/mol. The molecule has 1 atom stereocenters. The molecule has 0 aromatic heterocycles. The lowest BCUT2D eigenvalue weighted by atomic mass is 10.1. The van der Waals surface area contributed by atoms with Gasteiger partial charge in [0, 0.05) is 23.9 Å². The second-order valence-electron chi connectivity index (χ2n) is 4.66. The van der Waals surface area contributed by atoms with E-state index in [9.17, 15) is 15.2 Å². The van der Waals surface area contributed by atoms with Crippen molar-refractivity contribution in [2.45, 2.75) is 19.6 Å². The minimum absolute atomic E-state index is 0.0399. The molecule has 0 aliphatic carbocycles. The smallest absolute Gasteiger partial charge is 0.283 e. The number of anilines is 1. The van der Waals surface area contributed by atoms with E-state index < -0.39 is 11.0 Å². The van der Waals surface area contributed by atoms with Crippen LogP contribution in [0.3, 0.4) is 0 Å². The predicted molar refractivity (Wildman–Crippen MR) is 85.2 cm³/mol. The predicted octanol–water partition coefficient (Wildman–Crippen LogP) is 4.02. The van der Waals surface area contributed by atoms with Gasteiger partial charge in [-0.2, -0.15) is 0 Å². The Labute approximate surface area is 130 Å². The number of halogens is 1. The molecule has 0 heterocycles. The Morgan fingerprint density at radius 3 is 2.71 bits per heavy atom. The molecule has 0 radical (unpaired) electrons. The number of aliphatic hydroxyl groups excluding tert-OH is 1. The van der Waals surface area contributed by atoms with E-state index in [-0.39, 0.29) is 5.69 Å². The Hall–Kier alpha value is -1.92. The Kier molecular flexibility index (Phi) is 4.93. The molecule has 5 nitrogen and oxygen atoms in total. The zero-order valence-corrected chi connectivity index (χ0v) is 13.0. The van der Waals surface area contributed by atoms with Gasteiger partial charge >= 0.3 is 0 Å². The fraction of sp³-hybridized carbons (Fsp3) is 0.200. The summed E-state index contributed by atoms with van der Waals surface area (Å²) in [5.74, 6) is 0. The Balaban J connectivity index is 2.17. The fourth-order valence-corrected chi connectivity index (χ4v) is 2.42. The summed E-state index contributed by atoms with van der Waals surface area (Å²) in [6.45, 7) is 2.14. The topological polar surface area (TPSA) is 75.4 Å². The van der Waals surface area contributed by atoms with Crippen molar-refractivity contribution in [3.05, 3.63) is 68.2 Å². The molecule has 0 aliphatic heterocycles. The first kappa shape index (κ1) is 15.5. The molecule has 0 saturated carbocycles. The molecule has 0 bridgehead atoms. The van der Waals surface area contributed by atoms with E-state index >= 15 is 0 Å². The van der Waals surface area contributed by atoms with Crippen LogP contribution in [0.15, 0.2) is 46.9 Å². The zero-order valence-electron chi connectivity index (χ0n) is 11.4. The van der Waals surface area contributed by atoms with Crippen molar-refractivity contribution in [1.29, 1.82) is 0 Å². The van der Waals surface area contributed by atoms with Gasteiger partial charge in [-0.15, -0.1) is 0 Å². The maximum absolute atomic E-state index is 10.9. The number of hydrogen-bond acceptors (Lipinski definition) is 4. The minimum atomic E-state index is -0.576. The highest BCUT2D eigenvalue weighted by atomic mass is 79.9. The molecule has 1 unspecified atom stereocenters. The van der Waals surface area contributed by atoms with E-state index in [1.807, 2.05) is 30.3 Å². The first-order valence-electron chi connectivity index (χ1n) is 6.42. The van der Waals surface area contributed by atoms with Crippen LogP contribution in [-0.2, 0) is 6.54 Å². The van der Waals surface area contributed by atoms with Gasteiger partial charge in [-0.05, 0) is 40.5 Å². The molecule has 0 fully saturated rings. The van der Waals surface area contributed by atoms with Crippen LogP contribution in [0.2, 0.25) is 0 Å². The number of hydrogen-bond donors (Lipinski definition) is 2. The lowest BCUT2D eigenvalue weighted by Crippen LogP contribution is -2.04. The molecule has 6 heteroatoms. The van der Waals surface area contributed by atoms with Crippen LogP contribution in [0.4, 0.5) is 11.4 Å². The number of benzene rings is 2. The molecule has 2 aromatic carbocycles. The summed E-state index contributed by atoms with van der Waals surface area (Å²) in [5, 5.41) is 23.8. The van der Waals surface area contributed by atoms with Crippen molar-refractivity contribution in [1.82, 2.24) is 0 Å². The Bertz CT molecular complexity index is 659. The molecule has 0 aliphatic rings. The van der Waals surface area contributed by atoms with Gasteiger partial charge in [0.05, 0.1) is 15.5 Å². The Morgan fingerprint density at radius 2 is 2.05 bits per heavy atom. The zero-order chi connectivity index (χ0) is 15.4. The summed E-state index contributed by atoms with van der Waals surface area (Å²) in [6, 6.07) is 12.5. The maximum Gasteiger partial charge on any atom is 0.283 e. The largest absolute Gasteiger partial charge is 0.389 e. The lowest BCUT2D eigenvalue weighted by Gasteiger charge is -2.14. The summed E-state index contributed by atoms with van der Waals surface area (Å²) < 4.78 is 0.459. The molecule has 0 amide bonds. The Morgan fingerprint density at radius 1 is 1.33 bits per heavy atom. The van der Waals surface area contributed by atoms with E-state index in [0.29, 0.717) is 11.0 Å². The average Bonchev–Trinajstić information content (AvgIpc) is 2.46. The molecule has 2 rings (SSSR count). The van der Waals surface area contributed by atoms with Crippen LogP contribution >= 0.6 is 15.9 Å². The lowest BCUT2D eigenvalue weighted by molar-refractivity contribution is -0.385. The summed E-state index contributed by atoms with van der Waals surface area (Å²) >= 11 is 3.16. The van der Waals surface area contributed by atoms with Crippen molar-refractivity contribution < 1.29 is 10.0 Å². The number of para-hydroxylation sites is 1. The number of nitro benzene ring substituents is 1. The van der Waals surface area contributed by atoms with Gasteiger partial charge in [0.1, 0.15) is 0 Å². The highest BCUT2D eigenvalue weighted by molar-refractivity contribution is 9.10. The summed E-state index contributed by atoms with van der Waals surface area (Å²) in [5.41, 5.74) is 2.45. The van der Waals surface area contributed by atoms with Crippen LogP contribution in [0.5, 0.6) is 0 Å². The highest BCUT2D eigenvalue weighted by Crippen LogP contribution is 2.27. The van der Waals surface area contributed by atoms with Crippen LogP contribution in [0, 0.1) is 10.1 Å². The van der Waals surface area contributed by atoms with E-state index in [0.717, 1.165) is 16.8 Å². The third kappa shape index (κ3) is 3.80. The molecule has 0 spiro atoms. The maximum atomic E-state index is 10.9. The molecule has 2 N–H and O–H groups in total. The first-order chi connectivity index (χ1) is 9.99. The molecule has 21 heavy (non-hydrogen) atoms. The van der Waals surface area contributed by atoms with E-state index in [1.165, 1.54) is 6.07 Å². The number of nitrogens with one attached hydrogen (secondary N) is 1. The second-order valence-corrected chi connectivity index (χ2v) is 5.51. The molecule has 2 aromatic rings. The van der Waals surface area contributed by atoms with E-state index in [1.54, 1.807) is 13.0 Å². The van der Waals surface area contributed by atoms with Gasteiger partial charge in [0.15, 0.2) is 0 Å². The normalized spacial score (nSPS) is 12.0. The number of aliphatic hydroxyl groups is 1. The second kappa shape index (κ2) is 6.69. The van der Waals surface area contributed by atoms with Crippen LogP contribution in [0.1, 0.15) is 24.2 Å². The van der Waals surface area contributed by atoms with Gasteiger partial charge in [0.25, 0.3) is 5.69 Å². The van der Waals surface area contributed by atoms with Crippen molar-refractivity contribution in [2.75, 3.05) is 5.32 Å². The summed E-state index contributed by atoms with van der Waals surface area (Å²) in [4.78, 5) is 10.5. The van der Waals surface area contributed by atoms with E-state index in [2.05, 4.69) is 21.2 Å². The number of nitrogens with zero attached hydrogens (tertiary/aromatic N) is 1. The number of rotatable bonds is 5. The summed E-state index contributed by atoms with van der Waals surface area (Å²) in [6.07, 6.45) is -0.576. The van der Waals surface area contributed by atoms with Gasteiger partial charge in [0.2, 0.25) is 0 Å². The van der Waals surface area contributed by atoms with Gasteiger partial charge in [-0.1, -0.05) is 24.3 Å². The quantitative estimate of drug-likeness (QED) is 0.630. The molecule has 110 valence electrons. The van der Waals surface area contributed by atoms with Crippen LogP contribution in [0.25, 0.3) is 0 Å². The van der Waals surface area contributed by atoms with Crippen LogP contribution in [-0.4, -0.2) is 10.0 Å². The number of nitro groups is 1. The van der Waals surface area contributed by atoms with Crippen molar-refractivity contribution in [2.24, 2.45) is 0 Å². The van der Waals surface area contributed by atoms with Gasteiger partial charge in [-0.3, -0.25) is 10.1 Å². The third-order valence-electron chi connectivity index (χ3n) is 3.10. The van der Waals surface area contributed by atoms with Crippen molar-refractivity contribution >= 4 is 27.3 Å². The van der Waals surface area contributed by atoms with E-state index in [4.69, 9.17) is 0 Å². The van der Waals surface area contributed by atoms with Gasteiger partial charge in [-0.25, -0.2) is 0 Å². The minimum Gasteiger partial charge on any atom is -0.389 e. The molecular weight excluding hydrogens is 336 g/mol. The summed E-state index contributed by atoms with van der Waals surface area (Å²) in [7, 11) is 0. The SMILES string of the molecule is CC(O)c1ccccc1NCc1ccc(Br)c([N+](=O)[O-])c1. The fourth-order valence-electron chi connectivity index (χ4n) is 2.03. The molecular formula is C15H15BrN2O3. The van der Waals surface area contributed by atoms with Gasteiger partial charge < -0.3 is 10.4 Å². The van der Waals surface area contributed by atoms with Crippen molar-refractivity contribution in [3.63, 3.8) is 0 Å². The third-order valence-corrected chi connectivity index (χ3v) is 3.77. The molecule has 0 saturated heterocycles. The average molecular weight is 351 g/mol. The highest BCUT2D eigenvalue weighted by Gasteiger charge is 2.12.